The van der Waals surface area contributed by atoms with Gasteiger partial charge in [-0.05, 0) is 50.2 Å². The van der Waals surface area contributed by atoms with Crippen LogP contribution in [0.15, 0.2) is 52.8 Å². The quantitative estimate of drug-likeness (QED) is 0.130. The average Bonchev–Trinajstić information content (AvgIpc) is 3.47. The summed E-state index contributed by atoms with van der Waals surface area (Å²) in [6.45, 7) is 2.71. The minimum absolute atomic E-state index is 0.00736. The van der Waals surface area contributed by atoms with Crippen LogP contribution in [0.4, 0.5) is 22.0 Å². The fourth-order valence-electron chi connectivity index (χ4n) is 5.54. The summed E-state index contributed by atoms with van der Waals surface area (Å²) in [5.74, 6) is -3.46. The van der Waals surface area contributed by atoms with Crippen LogP contribution in [-0.2, 0) is 12.7 Å². The molecule has 1 N–H and O–H groups in total. The molecule has 0 radical (unpaired) electrons. The van der Waals surface area contributed by atoms with E-state index >= 15 is 0 Å². The molecule has 0 aliphatic carbocycles. The van der Waals surface area contributed by atoms with Gasteiger partial charge in [-0.2, -0.15) is 22.8 Å². The largest absolute Gasteiger partial charge is 0.491 e. The Morgan fingerprint density at radius 2 is 1.86 bits per heavy atom. The first-order valence-corrected chi connectivity index (χ1v) is 15.4. The van der Waals surface area contributed by atoms with Crippen molar-refractivity contribution in [2.75, 3.05) is 6.61 Å². The van der Waals surface area contributed by atoms with Gasteiger partial charge in [-0.1, -0.05) is 11.6 Å². The lowest BCUT2D eigenvalue weighted by Gasteiger charge is -2.18. The second-order valence-corrected chi connectivity index (χ2v) is 12.0. The molecule has 0 amide bonds. The molecular formula is C33H19ClF5N5O4S. The van der Waals surface area contributed by atoms with Crippen LogP contribution < -0.4 is 10.3 Å². The second-order valence-electron chi connectivity index (χ2n) is 10.7. The molecule has 0 fully saturated rings. The smallest absolute Gasteiger partial charge is 0.417 e. The first-order valence-electron chi connectivity index (χ1n) is 14.1. The summed E-state index contributed by atoms with van der Waals surface area (Å²) in [4.78, 5) is 37.3. The topological polar surface area (TPSA) is 131 Å². The van der Waals surface area contributed by atoms with E-state index in [9.17, 15) is 41.9 Å². The third-order valence-corrected chi connectivity index (χ3v) is 8.85. The number of fused-ring (bicyclic) bond motifs is 2. The van der Waals surface area contributed by atoms with Gasteiger partial charge in [0.15, 0.2) is 0 Å². The van der Waals surface area contributed by atoms with E-state index in [0.29, 0.717) is 50.6 Å². The van der Waals surface area contributed by atoms with Gasteiger partial charge in [-0.3, -0.25) is 14.3 Å². The van der Waals surface area contributed by atoms with Crippen molar-refractivity contribution in [3.05, 3.63) is 103 Å². The van der Waals surface area contributed by atoms with E-state index in [4.69, 9.17) is 16.3 Å². The zero-order chi connectivity index (χ0) is 35.4. The molecule has 16 heteroatoms. The normalized spacial score (nSPS) is 11.7. The summed E-state index contributed by atoms with van der Waals surface area (Å²) in [6, 6.07) is 9.07. The Kier molecular flexibility index (Phi) is 8.55. The first kappa shape index (κ1) is 33.4. The zero-order valence-corrected chi connectivity index (χ0v) is 26.7. The van der Waals surface area contributed by atoms with Crippen LogP contribution in [0.5, 0.6) is 5.75 Å². The maximum Gasteiger partial charge on any atom is 0.417 e. The number of benzene rings is 2. The van der Waals surface area contributed by atoms with E-state index in [2.05, 4.69) is 15.0 Å². The number of thiophene rings is 1. The number of carboxylic acids is 1. The number of halogens is 6. The van der Waals surface area contributed by atoms with Crippen molar-refractivity contribution in [3.63, 3.8) is 0 Å². The number of hydrogen-bond acceptors (Lipinski definition) is 8. The van der Waals surface area contributed by atoms with Crippen LogP contribution in [0.3, 0.4) is 0 Å². The molecule has 0 bridgehead atoms. The minimum atomic E-state index is -5.14. The molecule has 0 spiro atoms. The molecule has 49 heavy (non-hydrogen) atoms. The summed E-state index contributed by atoms with van der Waals surface area (Å²) >= 11 is 7.50. The fourth-order valence-corrected chi connectivity index (χ4v) is 6.72. The number of pyridine rings is 2. The van der Waals surface area contributed by atoms with Crippen molar-refractivity contribution >= 4 is 50.0 Å². The van der Waals surface area contributed by atoms with E-state index in [1.807, 2.05) is 0 Å². The molecule has 4 aromatic heterocycles. The fraction of sp³-hybridized carbons (Fsp3) is 0.152. The molecule has 6 rings (SSSR count). The average molecular weight is 712 g/mol. The number of nitriles is 1. The van der Waals surface area contributed by atoms with Gasteiger partial charge < -0.3 is 9.84 Å². The predicted octanol–water partition coefficient (Wildman–Crippen LogP) is 7.95. The number of aromatic carboxylic acids is 1. The number of hydrogen-bond donors (Lipinski definition) is 1. The maximum absolute atomic E-state index is 14.7. The lowest BCUT2D eigenvalue weighted by atomic mass is 9.92. The molecule has 0 unspecified atom stereocenters. The highest BCUT2D eigenvalue weighted by Crippen LogP contribution is 2.43. The SMILES string of the molecule is Cc1cc(-c2cc(Cl)ccc2OCCn2c(C)nc3cc(C(F)(F)F)c(-c4cc(F)cnc4F)c(C#N)c3c2=O)c2scc(C(=O)O)c2n1. The van der Waals surface area contributed by atoms with Crippen LogP contribution in [0, 0.1) is 36.9 Å². The van der Waals surface area contributed by atoms with E-state index < -0.39 is 62.6 Å². The monoisotopic (exact) mass is 711 g/mol. The van der Waals surface area contributed by atoms with Crippen molar-refractivity contribution in [2.24, 2.45) is 0 Å². The Morgan fingerprint density at radius 3 is 2.55 bits per heavy atom. The Hall–Kier alpha value is -5.46. The van der Waals surface area contributed by atoms with Crippen molar-refractivity contribution in [3.8, 4) is 34.1 Å². The van der Waals surface area contributed by atoms with E-state index in [0.717, 1.165) is 4.57 Å². The molecule has 248 valence electrons. The van der Waals surface area contributed by atoms with Gasteiger partial charge in [-0.25, -0.2) is 19.2 Å². The standard InChI is InChI=1S/C33H19ClF5N5O4S/c1-14-7-19(29-28(42-14)22(13-49-29)32(46)47)18-8-16(34)3-4-25(18)48-6-5-44-15(2)43-24-10-23(33(37,38)39)26(21(11-40)27(24)31(44)45)20-9-17(35)12-41-30(20)36/h3-4,7-10,12-13H,5-6H2,1-2H3,(H,46,47). The van der Waals surface area contributed by atoms with Crippen molar-refractivity contribution < 1.29 is 36.6 Å². The third kappa shape index (κ3) is 6.05. The van der Waals surface area contributed by atoms with Gasteiger partial charge in [0.25, 0.3) is 5.56 Å². The number of nitrogens with zero attached hydrogens (tertiary/aromatic N) is 5. The van der Waals surface area contributed by atoms with Gasteiger partial charge in [0.1, 0.15) is 30.1 Å². The molecule has 9 nitrogen and oxygen atoms in total. The second kappa shape index (κ2) is 12.5. The number of carbonyl (C=O) groups is 1. The van der Waals surface area contributed by atoms with Crippen molar-refractivity contribution in [1.29, 1.82) is 5.26 Å². The number of carboxylic acid groups (broad SMARTS) is 1. The number of aromatic nitrogens is 4. The molecule has 0 saturated carbocycles. The molecule has 0 atom stereocenters. The Balaban J connectivity index is 1.43. The predicted molar refractivity (Wildman–Crippen MR) is 171 cm³/mol. The highest BCUT2D eigenvalue weighted by atomic mass is 35.5. The van der Waals surface area contributed by atoms with Gasteiger partial charge >= 0.3 is 12.1 Å². The van der Waals surface area contributed by atoms with Gasteiger partial charge in [0, 0.05) is 38.4 Å². The number of ether oxygens (including phenoxy) is 1. The van der Waals surface area contributed by atoms with Gasteiger partial charge in [0.05, 0.1) is 50.6 Å². The lowest BCUT2D eigenvalue weighted by Crippen LogP contribution is -2.27. The summed E-state index contributed by atoms with van der Waals surface area (Å²) in [5.41, 5.74) is -3.74. The van der Waals surface area contributed by atoms with Crippen LogP contribution in [0.2, 0.25) is 5.02 Å². The molecule has 0 saturated heterocycles. The van der Waals surface area contributed by atoms with Gasteiger partial charge in [-0.15, -0.1) is 11.3 Å². The zero-order valence-electron chi connectivity index (χ0n) is 25.1. The first-order chi connectivity index (χ1) is 23.2. The molecule has 2 aromatic carbocycles. The van der Waals surface area contributed by atoms with Crippen LogP contribution in [0.1, 0.15) is 33.0 Å². The lowest BCUT2D eigenvalue weighted by molar-refractivity contribution is -0.137. The molecule has 6 aromatic rings. The molecule has 0 aliphatic rings. The minimum Gasteiger partial charge on any atom is -0.491 e. The summed E-state index contributed by atoms with van der Waals surface area (Å²) in [7, 11) is 0. The van der Waals surface area contributed by atoms with E-state index in [1.54, 1.807) is 37.3 Å². The highest BCUT2D eigenvalue weighted by Gasteiger charge is 2.38. The van der Waals surface area contributed by atoms with Crippen LogP contribution in [-0.4, -0.2) is 37.2 Å². The molecule has 0 aliphatic heterocycles. The van der Waals surface area contributed by atoms with Crippen LogP contribution in [0.25, 0.3) is 43.4 Å². The Labute approximate surface area is 281 Å². The van der Waals surface area contributed by atoms with E-state index in [1.165, 1.54) is 23.6 Å². The van der Waals surface area contributed by atoms with Crippen LogP contribution >= 0.6 is 22.9 Å². The Bertz CT molecular complexity index is 2460. The summed E-state index contributed by atoms with van der Waals surface area (Å²) in [6.07, 6.45) is -4.67. The molecule has 4 heterocycles. The number of rotatable bonds is 7. The third-order valence-electron chi connectivity index (χ3n) is 7.62. The maximum atomic E-state index is 14.7. The summed E-state index contributed by atoms with van der Waals surface area (Å²) in [5, 5.41) is 20.9. The summed E-state index contributed by atoms with van der Waals surface area (Å²) < 4.78 is 79.2. The van der Waals surface area contributed by atoms with E-state index in [-0.39, 0.29) is 30.1 Å². The Morgan fingerprint density at radius 1 is 1.10 bits per heavy atom. The van der Waals surface area contributed by atoms with Crippen molar-refractivity contribution in [1.82, 2.24) is 19.5 Å². The van der Waals surface area contributed by atoms with Crippen molar-refractivity contribution in [2.45, 2.75) is 26.6 Å². The molecular weight excluding hydrogens is 693 g/mol. The highest BCUT2D eigenvalue weighted by molar-refractivity contribution is 7.18. The number of aryl methyl sites for hydroxylation is 2. The number of alkyl halides is 3. The van der Waals surface area contributed by atoms with Gasteiger partial charge in [0.2, 0.25) is 5.95 Å².